The van der Waals surface area contributed by atoms with Crippen molar-refractivity contribution in [1.29, 1.82) is 0 Å². The van der Waals surface area contributed by atoms with Gasteiger partial charge in [0.15, 0.2) is 0 Å². The molecule has 2 saturated heterocycles. The summed E-state index contributed by atoms with van der Waals surface area (Å²) in [6.45, 7) is 2.56. The fourth-order valence-corrected chi connectivity index (χ4v) is 4.41. The van der Waals surface area contributed by atoms with Gasteiger partial charge in [0, 0.05) is 39.1 Å². The Bertz CT molecular complexity index is 438. The van der Waals surface area contributed by atoms with Crippen LogP contribution in [0.4, 0.5) is 4.79 Å². The molecule has 0 atom stereocenters. The molecule has 2 aliphatic heterocycles. The van der Waals surface area contributed by atoms with E-state index in [1.165, 1.54) is 19.3 Å². The average Bonchev–Trinajstić information content (AvgIpc) is 2.71. The predicted molar refractivity (Wildman–Crippen MR) is 90.1 cm³/mol. The Morgan fingerprint density at radius 1 is 1.04 bits per heavy atom. The Kier molecular flexibility index (Phi) is 5.12. The summed E-state index contributed by atoms with van der Waals surface area (Å²) >= 11 is 0. The van der Waals surface area contributed by atoms with Crippen LogP contribution in [-0.4, -0.2) is 54.5 Å². The van der Waals surface area contributed by atoms with Crippen molar-refractivity contribution in [2.24, 2.45) is 5.41 Å². The smallest absolute Gasteiger partial charge is 0.317 e. The van der Waals surface area contributed by atoms with Crippen molar-refractivity contribution < 1.29 is 9.59 Å². The van der Waals surface area contributed by atoms with E-state index in [4.69, 9.17) is 0 Å². The number of nitrogens with one attached hydrogen (secondary N) is 1. The summed E-state index contributed by atoms with van der Waals surface area (Å²) in [4.78, 5) is 28.2. The van der Waals surface area contributed by atoms with E-state index in [1.807, 2.05) is 16.8 Å². The largest absolute Gasteiger partial charge is 0.346 e. The van der Waals surface area contributed by atoms with Gasteiger partial charge < -0.3 is 15.1 Å². The molecule has 3 rings (SSSR count). The van der Waals surface area contributed by atoms with Gasteiger partial charge in [-0.1, -0.05) is 19.3 Å². The molecule has 2 heterocycles. The Labute approximate surface area is 139 Å². The molecule has 130 valence electrons. The zero-order chi connectivity index (χ0) is 16.3. The summed E-state index contributed by atoms with van der Waals surface area (Å²) in [7, 11) is 1.91. The maximum Gasteiger partial charge on any atom is 0.317 e. The van der Waals surface area contributed by atoms with E-state index in [1.54, 1.807) is 0 Å². The van der Waals surface area contributed by atoms with Crippen molar-refractivity contribution in [3.05, 3.63) is 0 Å². The van der Waals surface area contributed by atoms with Crippen LogP contribution in [0, 0.1) is 5.41 Å². The predicted octanol–water partition coefficient (Wildman–Crippen LogP) is 2.75. The van der Waals surface area contributed by atoms with Gasteiger partial charge in [-0.3, -0.25) is 4.79 Å². The molecule has 3 amide bonds. The topological polar surface area (TPSA) is 52.7 Å². The first-order valence-corrected chi connectivity index (χ1v) is 9.37. The highest BCUT2D eigenvalue weighted by Crippen LogP contribution is 2.41. The van der Waals surface area contributed by atoms with E-state index in [2.05, 4.69) is 5.32 Å². The van der Waals surface area contributed by atoms with Crippen molar-refractivity contribution >= 4 is 11.9 Å². The maximum atomic E-state index is 12.5. The standard InChI is InChI=1S/C18H31N3O2/c1-20-12-9-18(8-7-16(20)22)10-13-21(14-11-18)17(23)19-15-5-3-2-4-6-15/h15H,2-14H2,1H3,(H,19,23). The molecule has 3 aliphatic rings. The first kappa shape index (κ1) is 16.6. The second-order valence-corrected chi connectivity index (χ2v) is 7.84. The zero-order valence-electron chi connectivity index (χ0n) is 14.5. The van der Waals surface area contributed by atoms with Gasteiger partial charge in [0.1, 0.15) is 0 Å². The Morgan fingerprint density at radius 3 is 2.39 bits per heavy atom. The van der Waals surface area contributed by atoms with Gasteiger partial charge >= 0.3 is 6.03 Å². The highest BCUT2D eigenvalue weighted by atomic mass is 16.2. The summed E-state index contributed by atoms with van der Waals surface area (Å²) < 4.78 is 0. The number of carbonyl (C=O) groups excluding carboxylic acids is 2. The normalized spacial score (nSPS) is 26.2. The third kappa shape index (κ3) is 3.99. The molecule has 0 radical (unpaired) electrons. The lowest BCUT2D eigenvalue weighted by Crippen LogP contribution is -2.50. The van der Waals surface area contributed by atoms with Crippen LogP contribution in [0.1, 0.15) is 64.2 Å². The monoisotopic (exact) mass is 321 g/mol. The number of carbonyl (C=O) groups is 2. The number of likely N-dealkylation sites (tertiary alicyclic amines) is 2. The molecule has 5 heteroatoms. The van der Waals surface area contributed by atoms with Crippen molar-refractivity contribution in [2.45, 2.75) is 70.3 Å². The first-order valence-electron chi connectivity index (χ1n) is 9.37. The Balaban J connectivity index is 1.49. The van der Waals surface area contributed by atoms with Crippen molar-refractivity contribution in [3.63, 3.8) is 0 Å². The van der Waals surface area contributed by atoms with Crippen LogP contribution in [0.2, 0.25) is 0 Å². The second kappa shape index (κ2) is 7.10. The van der Waals surface area contributed by atoms with Crippen molar-refractivity contribution in [3.8, 4) is 0 Å². The van der Waals surface area contributed by atoms with E-state index in [-0.39, 0.29) is 17.4 Å². The van der Waals surface area contributed by atoms with E-state index >= 15 is 0 Å². The highest BCUT2D eigenvalue weighted by Gasteiger charge is 2.38. The van der Waals surface area contributed by atoms with E-state index in [9.17, 15) is 9.59 Å². The summed E-state index contributed by atoms with van der Waals surface area (Å²) in [5.74, 6) is 0.277. The zero-order valence-corrected chi connectivity index (χ0v) is 14.5. The van der Waals surface area contributed by atoms with Gasteiger partial charge in [0.05, 0.1) is 0 Å². The van der Waals surface area contributed by atoms with Crippen LogP contribution in [-0.2, 0) is 4.79 Å². The third-order valence-corrected chi connectivity index (χ3v) is 6.32. The van der Waals surface area contributed by atoms with Crippen LogP contribution >= 0.6 is 0 Å². The number of nitrogens with zero attached hydrogens (tertiary/aromatic N) is 2. The molecule has 5 nitrogen and oxygen atoms in total. The minimum Gasteiger partial charge on any atom is -0.346 e. The van der Waals surface area contributed by atoms with Crippen LogP contribution in [0.3, 0.4) is 0 Å². The van der Waals surface area contributed by atoms with Crippen LogP contribution in [0.5, 0.6) is 0 Å². The third-order valence-electron chi connectivity index (χ3n) is 6.32. The molecule has 0 bridgehead atoms. The fourth-order valence-electron chi connectivity index (χ4n) is 4.41. The van der Waals surface area contributed by atoms with E-state index in [0.29, 0.717) is 12.5 Å². The number of urea groups is 1. The highest BCUT2D eigenvalue weighted by molar-refractivity contribution is 5.76. The minimum absolute atomic E-state index is 0.133. The average molecular weight is 321 g/mol. The molecular formula is C18H31N3O2. The van der Waals surface area contributed by atoms with Gasteiger partial charge in [-0.2, -0.15) is 0 Å². The van der Waals surface area contributed by atoms with E-state index in [0.717, 1.165) is 58.2 Å². The quantitative estimate of drug-likeness (QED) is 0.807. The maximum absolute atomic E-state index is 12.5. The first-order chi connectivity index (χ1) is 11.1. The molecule has 0 aromatic rings. The lowest BCUT2D eigenvalue weighted by atomic mass is 9.73. The molecule has 1 aliphatic carbocycles. The van der Waals surface area contributed by atoms with Crippen LogP contribution < -0.4 is 5.32 Å². The van der Waals surface area contributed by atoms with Gasteiger partial charge in [-0.05, 0) is 43.9 Å². The number of piperidine rings is 1. The molecule has 1 saturated carbocycles. The summed E-state index contributed by atoms with van der Waals surface area (Å²) in [5.41, 5.74) is 0.280. The van der Waals surface area contributed by atoms with Gasteiger partial charge in [-0.15, -0.1) is 0 Å². The minimum atomic E-state index is 0.133. The molecule has 0 unspecified atom stereocenters. The second-order valence-electron chi connectivity index (χ2n) is 7.84. The summed E-state index contributed by atoms with van der Waals surface area (Å²) in [6, 6.07) is 0.518. The molecule has 3 fully saturated rings. The fraction of sp³-hybridized carbons (Fsp3) is 0.889. The van der Waals surface area contributed by atoms with Gasteiger partial charge in [0.25, 0.3) is 0 Å². The molecule has 0 aromatic heterocycles. The summed E-state index contributed by atoms with van der Waals surface area (Å²) in [5, 5.41) is 3.23. The number of rotatable bonds is 1. The molecule has 0 aromatic carbocycles. The number of hydrogen-bond acceptors (Lipinski definition) is 2. The van der Waals surface area contributed by atoms with E-state index < -0.39 is 0 Å². The van der Waals surface area contributed by atoms with Crippen molar-refractivity contribution in [2.75, 3.05) is 26.7 Å². The van der Waals surface area contributed by atoms with Gasteiger partial charge in [0.2, 0.25) is 5.91 Å². The number of hydrogen-bond donors (Lipinski definition) is 1. The summed E-state index contributed by atoms with van der Waals surface area (Å²) in [6.07, 6.45) is 10.9. The number of amides is 3. The molecule has 23 heavy (non-hydrogen) atoms. The van der Waals surface area contributed by atoms with Crippen molar-refractivity contribution in [1.82, 2.24) is 15.1 Å². The Morgan fingerprint density at radius 2 is 1.70 bits per heavy atom. The van der Waals surface area contributed by atoms with Crippen LogP contribution in [0.15, 0.2) is 0 Å². The molecule has 1 N–H and O–H groups in total. The lowest BCUT2D eigenvalue weighted by Gasteiger charge is -2.41. The molecule has 1 spiro atoms. The SMILES string of the molecule is CN1CCC2(CCC1=O)CCN(C(=O)NC1CCCCC1)CC2. The van der Waals surface area contributed by atoms with Gasteiger partial charge in [-0.25, -0.2) is 4.79 Å². The van der Waals surface area contributed by atoms with Crippen LogP contribution in [0.25, 0.3) is 0 Å². The molecular weight excluding hydrogens is 290 g/mol. The lowest BCUT2D eigenvalue weighted by molar-refractivity contribution is -0.129. The Hall–Kier alpha value is -1.26.